The van der Waals surface area contributed by atoms with Gasteiger partial charge in [0.25, 0.3) is 0 Å². The number of aromatic nitrogens is 3. The lowest BCUT2D eigenvalue weighted by atomic mass is 10.2. The van der Waals surface area contributed by atoms with E-state index < -0.39 is 0 Å². The summed E-state index contributed by atoms with van der Waals surface area (Å²) in [5.41, 5.74) is 0.456. The van der Waals surface area contributed by atoms with Gasteiger partial charge in [-0.25, -0.2) is 4.39 Å². The second-order valence-electron chi connectivity index (χ2n) is 5.79. The third-order valence-electron chi connectivity index (χ3n) is 4.08. The highest BCUT2D eigenvalue weighted by atomic mass is 35.5. The number of hydrogen-bond donors (Lipinski definition) is 1. The van der Waals surface area contributed by atoms with Gasteiger partial charge in [-0.2, -0.15) is 4.68 Å². The third-order valence-corrected chi connectivity index (χ3v) is 5.80. The van der Waals surface area contributed by atoms with Gasteiger partial charge in [0.15, 0.2) is 12.5 Å². The molecular formula is C17H19ClFN4S2+. The number of hydrogen-bond acceptors (Lipinski definition) is 3. The van der Waals surface area contributed by atoms with Gasteiger partial charge in [0.1, 0.15) is 12.4 Å². The first-order valence-corrected chi connectivity index (χ1v) is 9.56. The van der Waals surface area contributed by atoms with E-state index in [1.54, 1.807) is 38.8 Å². The van der Waals surface area contributed by atoms with Gasteiger partial charge in [0, 0.05) is 7.05 Å². The number of halogens is 2. The first kappa shape index (κ1) is 18.3. The lowest BCUT2D eigenvalue weighted by Gasteiger charge is -2.16. The van der Waals surface area contributed by atoms with Gasteiger partial charge in [-0.1, -0.05) is 23.7 Å². The van der Waals surface area contributed by atoms with Crippen LogP contribution in [-0.4, -0.2) is 20.9 Å². The second kappa shape index (κ2) is 7.78. The number of thiophene rings is 1. The van der Waals surface area contributed by atoms with Gasteiger partial charge in [0.05, 0.1) is 21.3 Å². The maximum atomic E-state index is 14.1. The molecule has 2 heterocycles. The third kappa shape index (κ3) is 4.00. The summed E-state index contributed by atoms with van der Waals surface area (Å²) in [5.74, 6) is 0.239. The quantitative estimate of drug-likeness (QED) is 0.644. The van der Waals surface area contributed by atoms with Crippen molar-refractivity contribution >= 4 is 35.2 Å². The van der Waals surface area contributed by atoms with Gasteiger partial charge in [-0.15, -0.1) is 16.4 Å². The molecule has 0 radical (unpaired) electrons. The Labute approximate surface area is 160 Å². The van der Waals surface area contributed by atoms with Crippen LogP contribution in [0, 0.1) is 10.6 Å². The summed E-state index contributed by atoms with van der Waals surface area (Å²) >= 11 is 13.1. The van der Waals surface area contributed by atoms with Crippen molar-refractivity contribution in [3.63, 3.8) is 0 Å². The second-order valence-corrected chi connectivity index (χ2v) is 7.95. The summed E-state index contributed by atoms with van der Waals surface area (Å²) in [7, 11) is 1.82. The van der Waals surface area contributed by atoms with Crippen molar-refractivity contribution < 1.29 is 9.29 Å². The molecule has 8 heteroatoms. The Hall–Kier alpha value is -1.54. The van der Waals surface area contributed by atoms with Crippen molar-refractivity contribution in [1.29, 1.82) is 0 Å². The summed E-state index contributed by atoms with van der Waals surface area (Å²) in [6.07, 6.45) is 0. The highest BCUT2D eigenvalue weighted by Crippen LogP contribution is 2.21. The van der Waals surface area contributed by atoms with Gasteiger partial charge >= 0.3 is 0 Å². The lowest BCUT2D eigenvalue weighted by Crippen LogP contribution is -3.09. The SMILES string of the molecule is CC[NH+](Cc1ccc(Cl)s1)Cn1nc(-c2ccccc2F)n(C)c1=S. The summed E-state index contributed by atoms with van der Waals surface area (Å²) < 4.78 is 19.0. The zero-order valence-corrected chi connectivity index (χ0v) is 16.4. The summed E-state index contributed by atoms with van der Waals surface area (Å²) in [5, 5.41) is 4.57. The first-order valence-electron chi connectivity index (χ1n) is 7.96. The average Bonchev–Trinajstić information content (AvgIpc) is 3.13. The van der Waals surface area contributed by atoms with E-state index in [0.29, 0.717) is 22.8 Å². The predicted octanol–water partition coefficient (Wildman–Crippen LogP) is 3.53. The Bertz CT molecular complexity index is 931. The van der Waals surface area contributed by atoms with Crippen LogP contribution in [0.4, 0.5) is 4.39 Å². The van der Waals surface area contributed by atoms with Crippen molar-refractivity contribution in [1.82, 2.24) is 14.3 Å². The van der Waals surface area contributed by atoms with Crippen LogP contribution < -0.4 is 4.90 Å². The molecule has 4 nitrogen and oxygen atoms in total. The molecule has 0 spiro atoms. The van der Waals surface area contributed by atoms with E-state index in [-0.39, 0.29) is 5.82 Å². The van der Waals surface area contributed by atoms with Gasteiger partial charge in [-0.3, -0.25) is 0 Å². The number of quaternary nitrogens is 1. The summed E-state index contributed by atoms with van der Waals surface area (Å²) in [4.78, 5) is 2.52. The molecule has 1 aromatic carbocycles. The van der Waals surface area contributed by atoms with Crippen molar-refractivity contribution in [2.24, 2.45) is 7.05 Å². The minimum Gasteiger partial charge on any atom is -0.312 e. The maximum Gasteiger partial charge on any atom is 0.202 e. The topological polar surface area (TPSA) is 27.2 Å². The Kier molecular flexibility index (Phi) is 5.68. The zero-order valence-electron chi connectivity index (χ0n) is 14.0. The molecule has 3 aromatic rings. The van der Waals surface area contributed by atoms with E-state index in [0.717, 1.165) is 17.4 Å². The molecule has 0 aliphatic carbocycles. The smallest absolute Gasteiger partial charge is 0.202 e. The largest absolute Gasteiger partial charge is 0.312 e. The van der Waals surface area contributed by atoms with E-state index in [1.807, 2.05) is 19.2 Å². The fourth-order valence-corrected chi connectivity index (χ4v) is 4.02. The van der Waals surface area contributed by atoms with Crippen LogP contribution in [0.3, 0.4) is 0 Å². The lowest BCUT2D eigenvalue weighted by molar-refractivity contribution is -0.935. The molecule has 3 rings (SSSR count). The highest BCUT2D eigenvalue weighted by molar-refractivity contribution is 7.71. The van der Waals surface area contributed by atoms with Crippen molar-refractivity contribution in [2.45, 2.75) is 20.1 Å². The molecule has 132 valence electrons. The van der Waals surface area contributed by atoms with E-state index in [9.17, 15) is 4.39 Å². The average molecular weight is 398 g/mol. The molecule has 0 aliphatic heterocycles. The van der Waals surface area contributed by atoms with E-state index in [1.165, 1.54) is 15.8 Å². The van der Waals surface area contributed by atoms with Crippen LogP contribution in [0.2, 0.25) is 4.34 Å². The van der Waals surface area contributed by atoms with Gasteiger partial charge < -0.3 is 9.47 Å². The summed E-state index contributed by atoms with van der Waals surface area (Å²) in [6.45, 7) is 4.51. The Morgan fingerprint density at radius 1 is 1.28 bits per heavy atom. The first-order chi connectivity index (χ1) is 12.0. The normalized spacial score (nSPS) is 12.5. The highest BCUT2D eigenvalue weighted by Gasteiger charge is 2.17. The number of benzene rings is 1. The zero-order chi connectivity index (χ0) is 18.0. The number of nitrogens with zero attached hydrogens (tertiary/aromatic N) is 3. The van der Waals surface area contributed by atoms with Gasteiger partial charge in [0.2, 0.25) is 4.77 Å². The van der Waals surface area contributed by atoms with Crippen LogP contribution in [0.15, 0.2) is 36.4 Å². The molecule has 0 fully saturated rings. The van der Waals surface area contributed by atoms with E-state index in [2.05, 4.69) is 12.0 Å². The van der Waals surface area contributed by atoms with Crippen LogP contribution in [-0.2, 0) is 20.3 Å². The Morgan fingerprint density at radius 3 is 2.68 bits per heavy atom. The van der Waals surface area contributed by atoms with Crippen molar-refractivity contribution in [3.05, 3.63) is 56.2 Å². The van der Waals surface area contributed by atoms with E-state index >= 15 is 0 Å². The molecule has 0 amide bonds. The van der Waals surface area contributed by atoms with Crippen LogP contribution in [0.1, 0.15) is 11.8 Å². The Morgan fingerprint density at radius 2 is 2.04 bits per heavy atom. The monoisotopic (exact) mass is 397 g/mol. The van der Waals surface area contributed by atoms with Crippen LogP contribution >= 0.6 is 35.2 Å². The van der Waals surface area contributed by atoms with Crippen molar-refractivity contribution in [3.8, 4) is 11.4 Å². The van der Waals surface area contributed by atoms with Crippen molar-refractivity contribution in [2.75, 3.05) is 6.54 Å². The molecule has 25 heavy (non-hydrogen) atoms. The van der Waals surface area contributed by atoms with Crippen LogP contribution in [0.25, 0.3) is 11.4 Å². The molecule has 2 aromatic heterocycles. The molecule has 1 atom stereocenters. The molecule has 0 aliphatic rings. The molecule has 1 unspecified atom stereocenters. The fourth-order valence-electron chi connectivity index (χ4n) is 2.67. The molecular weight excluding hydrogens is 379 g/mol. The minimum absolute atomic E-state index is 0.300. The van der Waals surface area contributed by atoms with Crippen LogP contribution in [0.5, 0.6) is 0 Å². The molecule has 0 saturated carbocycles. The standard InChI is InChI=1S/C17H18ClFN4S2/c1-3-22(10-12-8-9-15(18)25-12)11-23-17(24)21(2)16(20-23)13-6-4-5-7-14(13)19/h4-9H,3,10-11H2,1-2H3/p+1. The number of nitrogens with one attached hydrogen (secondary N) is 1. The minimum atomic E-state index is -0.300. The Balaban J connectivity index is 1.86. The van der Waals surface area contributed by atoms with E-state index in [4.69, 9.17) is 23.8 Å². The fraction of sp³-hybridized carbons (Fsp3) is 0.294. The maximum absolute atomic E-state index is 14.1. The predicted molar refractivity (Wildman–Crippen MR) is 102 cm³/mol. The van der Waals surface area contributed by atoms with Gasteiger partial charge in [-0.05, 0) is 43.4 Å². The molecule has 0 bridgehead atoms. The molecule has 1 N–H and O–H groups in total. The number of rotatable bonds is 6. The summed E-state index contributed by atoms with van der Waals surface area (Å²) in [6, 6.07) is 10.6. The molecule has 0 saturated heterocycles.